The Morgan fingerprint density at radius 2 is 1.51 bits per heavy atom. The lowest BCUT2D eigenvalue weighted by molar-refractivity contribution is -0.141. The molecule has 0 bridgehead atoms. The fourth-order valence-electron chi connectivity index (χ4n) is 7.52. The molecule has 10 heteroatoms. The highest BCUT2D eigenvalue weighted by molar-refractivity contribution is 5.97. The van der Waals surface area contributed by atoms with Gasteiger partial charge in [0.2, 0.25) is 5.91 Å². The summed E-state index contributed by atoms with van der Waals surface area (Å²) in [5.74, 6) is 0.859. The number of likely N-dealkylation sites (N-methyl/N-ethyl adjacent to an activating group) is 2. The number of piperazine rings is 1. The number of aromatic nitrogens is 3. The third-order valence-corrected chi connectivity index (χ3v) is 10.6. The van der Waals surface area contributed by atoms with Gasteiger partial charge in [0, 0.05) is 51.4 Å². The minimum absolute atomic E-state index is 0.100. The van der Waals surface area contributed by atoms with E-state index < -0.39 is 5.41 Å². The Morgan fingerprint density at radius 3 is 2.14 bits per heavy atom. The second kappa shape index (κ2) is 15.8. The lowest BCUT2D eigenvalue weighted by Gasteiger charge is -2.45. The van der Waals surface area contributed by atoms with Crippen molar-refractivity contribution < 1.29 is 14.3 Å². The molecule has 49 heavy (non-hydrogen) atoms. The number of nitrogens with zero attached hydrogens (tertiary/aromatic N) is 7. The van der Waals surface area contributed by atoms with Crippen LogP contribution >= 0.6 is 0 Å². The molecule has 3 heterocycles. The first-order valence-corrected chi connectivity index (χ1v) is 17.5. The molecular weight excluding hydrogens is 614 g/mol. The standard InChI is InChI=1S/C39H49N7O3/c1-4-43-23-25-45(26-24-43)38(48)39(33-13-9-6-10-14-33)18-21-44(22-19-39)20-17-32(31-11-7-5-8-12-31)28-42(2)37(47)35-27-34(15-16-36(35)49-3)46-29-40-41-30-46/h5-16,27,29-30,32H,4,17-26,28H2,1-3H3. The van der Waals surface area contributed by atoms with Crippen LogP contribution in [-0.2, 0) is 10.2 Å². The van der Waals surface area contributed by atoms with Gasteiger partial charge in [-0.05, 0) is 74.8 Å². The number of benzene rings is 3. The van der Waals surface area contributed by atoms with Crippen LogP contribution in [0.5, 0.6) is 5.75 Å². The van der Waals surface area contributed by atoms with Crippen LogP contribution in [0.1, 0.15) is 53.6 Å². The van der Waals surface area contributed by atoms with Crippen LogP contribution in [0.4, 0.5) is 0 Å². The second-order valence-electron chi connectivity index (χ2n) is 13.4. The molecule has 0 spiro atoms. The fraction of sp³-hybridized carbons (Fsp3) is 0.436. The fourth-order valence-corrected chi connectivity index (χ4v) is 7.52. The Balaban J connectivity index is 1.14. The Labute approximate surface area is 290 Å². The molecule has 2 saturated heterocycles. The van der Waals surface area contributed by atoms with Gasteiger partial charge in [0.25, 0.3) is 5.91 Å². The molecule has 3 aromatic carbocycles. The van der Waals surface area contributed by atoms with Gasteiger partial charge in [-0.3, -0.25) is 14.2 Å². The van der Waals surface area contributed by atoms with Crippen LogP contribution < -0.4 is 4.74 Å². The molecule has 1 aromatic heterocycles. The van der Waals surface area contributed by atoms with E-state index in [9.17, 15) is 9.59 Å². The quantitative estimate of drug-likeness (QED) is 0.217. The maximum absolute atomic E-state index is 14.3. The minimum atomic E-state index is -0.488. The maximum atomic E-state index is 14.3. The first kappa shape index (κ1) is 34.3. The first-order valence-electron chi connectivity index (χ1n) is 17.5. The molecule has 0 N–H and O–H groups in total. The zero-order valence-corrected chi connectivity index (χ0v) is 29.1. The highest BCUT2D eigenvalue weighted by Gasteiger charge is 2.45. The number of carbonyl (C=O) groups is 2. The molecule has 4 aromatic rings. The van der Waals surface area contributed by atoms with Crippen LogP contribution in [0.25, 0.3) is 5.69 Å². The summed E-state index contributed by atoms with van der Waals surface area (Å²) in [7, 11) is 3.45. The molecule has 0 saturated carbocycles. The summed E-state index contributed by atoms with van der Waals surface area (Å²) >= 11 is 0. The number of amides is 2. The van der Waals surface area contributed by atoms with Crippen LogP contribution in [0.3, 0.4) is 0 Å². The van der Waals surface area contributed by atoms with Crippen LogP contribution in [0.2, 0.25) is 0 Å². The van der Waals surface area contributed by atoms with Crippen molar-refractivity contribution in [1.82, 2.24) is 34.4 Å². The predicted molar refractivity (Wildman–Crippen MR) is 191 cm³/mol. The first-order chi connectivity index (χ1) is 23.9. The number of likely N-dealkylation sites (tertiary alicyclic amines) is 1. The van der Waals surface area contributed by atoms with Gasteiger partial charge in [-0.25, -0.2) is 0 Å². The van der Waals surface area contributed by atoms with Crippen molar-refractivity contribution in [3.63, 3.8) is 0 Å². The van der Waals surface area contributed by atoms with Gasteiger partial charge in [0.05, 0.1) is 18.1 Å². The summed E-state index contributed by atoms with van der Waals surface area (Å²) in [6, 6.07) is 26.5. The van der Waals surface area contributed by atoms with E-state index in [-0.39, 0.29) is 11.8 Å². The van der Waals surface area contributed by atoms with E-state index in [2.05, 4.69) is 80.4 Å². The molecule has 6 rings (SSSR count). The molecule has 1 atom stereocenters. The zero-order chi connectivity index (χ0) is 34.2. The van der Waals surface area contributed by atoms with E-state index in [1.807, 2.05) is 37.4 Å². The van der Waals surface area contributed by atoms with Crippen LogP contribution in [-0.4, -0.2) is 119 Å². The van der Waals surface area contributed by atoms with Crippen LogP contribution in [0.15, 0.2) is 91.5 Å². The van der Waals surface area contributed by atoms with Crippen molar-refractivity contribution in [2.24, 2.45) is 0 Å². The Hall–Kier alpha value is -4.54. The van der Waals surface area contributed by atoms with Crippen molar-refractivity contribution in [2.75, 3.05) is 73.1 Å². The van der Waals surface area contributed by atoms with E-state index in [0.717, 1.165) is 82.9 Å². The lowest BCUT2D eigenvalue weighted by Crippen LogP contribution is -2.57. The molecule has 0 radical (unpaired) electrons. The molecular formula is C39H49N7O3. The van der Waals surface area contributed by atoms with Crippen molar-refractivity contribution in [2.45, 2.75) is 37.5 Å². The number of carbonyl (C=O) groups excluding carboxylic acids is 2. The normalized spacial score (nSPS) is 17.4. The Bertz CT molecular complexity index is 1650. The number of methoxy groups -OCH3 is 1. The lowest BCUT2D eigenvalue weighted by atomic mass is 9.71. The summed E-state index contributed by atoms with van der Waals surface area (Å²) in [5.41, 5.74) is 3.16. The van der Waals surface area contributed by atoms with E-state index in [1.54, 1.807) is 29.2 Å². The van der Waals surface area contributed by atoms with Gasteiger partial charge in [-0.1, -0.05) is 67.6 Å². The van der Waals surface area contributed by atoms with E-state index >= 15 is 0 Å². The molecule has 1 unspecified atom stereocenters. The maximum Gasteiger partial charge on any atom is 0.257 e. The van der Waals surface area contributed by atoms with Gasteiger partial charge in [-0.15, -0.1) is 10.2 Å². The molecule has 2 fully saturated rings. The molecule has 2 aliphatic heterocycles. The summed E-state index contributed by atoms with van der Waals surface area (Å²) in [5, 5.41) is 7.81. The number of rotatable bonds is 12. The SMILES string of the molecule is CCN1CCN(C(=O)C2(c3ccccc3)CCN(CCC(CN(C)C(=O)c3cc(-n4cnnc4)ccc3OC)c3ccccc3)CC2)CC1. The molecule has 258 valence electrons. The molecule has 2 amide bonds. The summed E-state index contributed by atoms with van der Waals surface area (Å²) < 4.78 is 7.37. The molecule has 10 nitrogen and oxygen atoms in total. The Morgan fingerprint density at radius 1 is 0.857 bits per heavy atom. The largest absolute Gasteiger partial charge is 0.496 e. The monoisotopic (exact) mass is 663 g/mol. The van der Waals surface area contributed by atoms with Crippen molar-refractivity contribution in [1.29, 1.82) is 0 Å². The average Bonchev–Trinajstić information content (AvgIpc) is 3.72. The van der Waals surface area contributed by atoms with Gasteiger partial charge < -0.3 is 24.3 Å². The van der Waals surface area contributed by atoms with Crippen molar-refractivity contribution in [3.05, 3.63) is 108 Å². The smallest absolute Gasteiger partial charge is 0.257 e. The van der Waals surface area contributed by atoms with Gasteiger partial charge in [0.15, 0.2) is 0 Å². The average molecular weight is 664 g/mol. The van der Waals surface area contributed by atoms with Crippen LogP contribution in [0, 0.1) is 0 Å². The minimum Gasteiger partial charge on any atom is -0.496 e. The molecule has 2 aliphatic rings. The highest BCUT2D eigenvalue weighted by atomic mass is 16.5. The van der Waals surface area contributed by atoms with E-state index in [4.69, 9.17) is 4.74 Å². The third-order valence-electron chi connectivity index (χ3n) is 10.6. The number of hydrogen-bond donors (Lipinski definition) is 0. The van der Waals surface area contributed by atoms with Gasteiger partial charge >= 0.3 is 0 Å². The third kappa shape index (κ3) is 7.71. The summed E-state index contributed by atoms with van der Waals surface area (Å²) in [6.45, 7) is 9.87. The topological polar surface area (TPSA) is 87.0 Å². The van der Waals surface area contributed by atoms with Gasteiger partial charge in [-0.2, -0.15) is 0 Å². The highest BCUT2D eigenvalue weighted by Crippen LogP contribution is 2.38. The summed E-state index contributed by atoms with van der Waals surface area (Å²) in [4.78, 5) is 37.1. The van der Waals surface area contributed by atoms with E-state index in [0.29, 0.717) is 23.8 Å². The Kier molecular flexibility index (Phi) is 11.1. The molecule has 0 aliphatic carbocycles. The van der Waals surface area contributed by atoms with Crippen molar-refractivity contribution >= 4 is 11.8 Å². The predicted octanol–water partition coefficient (Wildman–Crippen LogP) is 4.72. The van der Waals surface area contributed by atoms with E-state index in [1.165, 1.54) is 5.56 Å². The second-order valence-corrected chi connectivity index (χ2v) is 13.4. The number of ether oxygens (including phenoxy) is 1. The summed E-state index contributed by atoms with van der Waals surface area (Å²) in [6.07, 6.45) is 5.73. The zero-order valence-electron chi connectivity index (χ0n) is 29.1. The van der Waals surface area contributed by atoms with Gasteiger partial charge in [0.1, 0.15) is 18.4 Å². The number of hydrogen-bond acceptors (Lipinski definition) is 7. The number of piperidine rings is 1. The van der Waals surface area contributed by atoms with Crippen molar-refractivity contribution in [3.8, 4) is 11.4 Å².